The lowest BCUT2D eigenvalue weighted by atomic mass is 9.81. The first-order valence-electron chi connectivity index (χ1n) is 31.0. The molecule has 0 unspecified atom stereocenters. The van der Waals surface area contributed by atoms with E-state index in [0.717, 1.165) is 100 Å². The average molecular weight is 1150 g/mol. The fourth-order valence-corrected chi connectivity index (χ4v) is 15.3. The van der Waals surface area contributed by atoms with Crippen LogP contribution in [-0.4, -0.2) is 4.40 Å². The summed E-state index contributed by atoms with van der Waals surface area (Å²) in [6, 6.07) is 108. The molecular formula is C85H55N3O2. The molecule has 0 saturated heterocycles. The molecule has 1 aliphatic carbocycles. The van der Waals surface area contributed by atoms with Gasteiger partial charge in [0.25, 0.3) is 0 Å². The van der Waals surface area contributed by atoms with Crippen molar-refractivity contribution in [1.82, 2.24) is 4.40 Å². The molecule has 18 aromatic rings. The second-order valence-electron chi connectivity index (χ2n) is 24.7. The Bertz CT molecular complexity index is 5920. The lowest BCUT2D eigenvalue weighted by Crippen LogP contribution is -2.16. The molecule has 1 aliphatic rings. The van der Waals surface area contributed by atoms with E-state index in [-0.39, 0.29) is 5.41 Å². The van der Waals surface area contributed by atoms with Crippen LogP contribution in [0.25, 0.3) is 137 Å². The molecule has 422 valence electrons. The Hall–Kier alpha value is -11.7. The Morgan fingerprint density at radius 1 is 0.300 bits per heavy atom. The van der Waals surface area contributed by atoms with Gasteiger partial charge < -0.3 is 23.0 Å². The maximum Gasteiger partial charge on any atom is 0.143 e. The highest BCUT2D eigenvalue weighted by Crippen LogP contribution is 2.55. The number of hydrogen-bond acceptors (Lipinski definition) is 4. The van der Waals surface area contributed by atoms with E-state index in [1.54, 1.807) is 0 Å². The second-order valence-corrected chi connectivity index (χ2v) is 24.7. The molecule has 90 heavy (non-hydrogen) atoms. The van der Waals surface area contributed by atoms with E-state index in [1.807, 2.05) is 0 Å². The molecule has 0 N–H and O–H groups in total. The standard InChI is InChI=1S/C85H55N3O2/c1-85(2)73-48-59(86(57-26-14-6-15-27-57)60-37-40-65-67-32-18-30-62(53-22-10-4-11-23-53)83(67)89-78(65)49-60)36-39-64(73)71-47-56-35-44-76-80(70(56)51-74(71)85)69-42-45-77(81-72-46-55(52-20-8-3-9-21-52)34-43-75(72)88(76)82(69)81)87(58-28-16-7-17-29-58)61-38-41-66-68-33-19-31-63(54-24-12-5-13-25-54)84(68)90-79(66)50-61/h3-51H,1-2H3. The fraction of sp³-hybridized carbons (Fsp3) is 0.0353. The highest BCUT2D eigenvalue weighted by Gasteiger charge is 2.37. The summed E-state index contributed by atoms with van der Waals surface area (Å²) in [6.45, 7) is 4.82. The van der Waals surface area contributed by atoms with E-state index in [0.29, 0.717) is 0 Å². The van der Waals surface area contributed by atoms with Crippen LogP contribution in [0.4, 0.5) is 34.1 Å². The molecular weight excluding hydrogens is 1090 g/mol. The molecule has 19 rings (SSSR count). The Morgan fingerprint density at radius 3 is 1.44 bits per heavy atom. The van der Waals surface area contributed by atoms with Gasteiger partial charge in [-0.25, -0.2) is 0 Å². The van der Waals surface area contributed by atoms with Crippen molar-refractivity contribution in [2.75, 3.05) is 9.80 Å². The van der Waals surface area contributed by atoms with E-state index in [1.165, 1.54) is 82.2 Å². The third-order valence-electron chi connectivity index (χ3n) is 19.5. The minimum atomic E-state index is -0.329. The SMILES string of the molecule is CC1(C)c2cc(N(c3ccccc3)c3ccc4c(c3)oc3c(-c5ccccc5)cccc34)ccc2-c2cc3ccc4c(c3cc21)c1ccc(N(c2ccccc2)c2ccc3c(c2)oc2c(-c5ccccc5)cccc23)c2c3cc(-c5ccccc5)ccc3n4c12. The number of nitrogens with zero attached hydrogens (tertiary/aromatic N) is 3. The molecule has 0 aliphatic heterocycles. The molecule has 0 bridgehead atoms. The number of fused-ring (bicyclic) bond motifs is 17. The van der Waals surface area contributed by atoms with Crippen molar-refractivity contribution in [1.29, 1.82) is 0 Å². The summed E-state index contributed by atoms with van der Waals surface area (Å²) in [5, 5.41) is 11.8. The number of anilines is 6. The average Bonchev–Trinajstić information content (AvgIpc) is 1.60. The van der Waals surface area contributed by atoms with Crippen molar-refractivity contribution in [3.63, 3.8) is 0 Å². The number of rotatable bonds is 9. The second kappa shape index (κ2) is 19.2. The summed E-state index contributed by atoms with van der Waals surface area (Å²) in [5.74, 6) is 0. The van der Waals surface area contributed by atoms with Gasteiger partial charge in [0.1, 0.15) is 22.3 Å². The quantitative estimate of drug-likeness (QED) is 0.144. The van der Waals surface area contributed by atoms with Gasteiger partial charge in [0.2, 0.25) is 0 Å². The number of para-hydroxylation sites is 4. The third kappa shape index (κ3) is 7.38. The minimum Gasteiger partial charge on any atom is -0.455 e. The van der Waals surface area contributed by atoms with Gasteiger partial charge in [0.15, 0.2) is 0 Å². The predicted octanol–water partition coefficient (Wildman–Crippen LogP) is 24.0. The van der Waals surface area contributed by atoms with Crippen LogP contribution in [0.1, 0.15) is 25.0 Å². The van der Waals surface area contributed by atoms with E-state index in [9.17, 15) is 0 Å². The monoisotopic (exact) mass is 1150 g/mol. The molecule has 5 heteroatoms. The molecule has 4 heterocycles. The largest absolute Gasteiger partial charge is 0.455 e. The molecule has 0 spiro atoms. The lowest BCUT2D eigenvalue weighted by molar-refractivity contribution is 0.661. The zero-order valence-electron chi connectivity index (χ0n) is 49.4. The number of furan rings is 2. The molecule has 4 aromatic heterocycles. The molecule has 5 nitrogen and oxygen atoms in total. The smallest absolute Gasteiger partial charge is 0.143 e. The van der Waals surface area contributed by atoms with Crippen LogP contribution < -0.4 is 9.80 Å². The van der Waals surface area contributed by atoms with Crippen molar-refractivity contribution in [2.24, 2.45) is 0 Å². The summed E-state index contributed by atoms with van der Waals surface area (Å²) in [4.78, 5) is 4.81. The molecule has 14 aromatic carbocycles. The van der Waals surface area contributed by atoms with Gasteiger partial charge in [0, 0.05) is 100 Å². The Morgan fingerprint density at radius 2 is 0.822 bits per heavy atom. The summed E-state index contributed by atoms with van der Waals surface area (Å²) in [6.07, 6.45) is 0. The normalized spacial score (nSPS) is 12.9. The van der Waals surface area contributed by atoms with Crippen LogP contribution in [0.3, 0.4) is 0 Å². The highest BCUT2D eigenvalue weighted by atomic mass is 16.3. The lowest BCUT2D eigenvalue weighted by Gasteiger charge is -2.28. The topological polar surface area (TPSA) is 37.2 Å². The van der Waals surface area contributed by atoms with Gasteiger partial charge in [-0.15, -0.1) is 0 Å². The van der Waals surface area contributed by atoms with Gasteiger partial charge >= 0.3 is 0 Å². The first-order valence-corrected chi connectivity index (χ1v) is 31.0. The zero-order valence-corrected chi connectivity index (χ0v) is 49.4. The maximum absolute atomic E-state index is 6.96. The molecule has 0 fully saturated rings. The van der Waals surface area contributed by atoms with Gasteiger partial charge in [-0.3, -0.25) is 0 Å². The Balaban J connectivity index is 0.780. The van der Waals surface area contributed by atoms with Crippen LogP contribution in [0.15, 0.2) is 306 Å². The Kier molecular flexibility index (Phi) is 10.8. The summed E-state index contributed by atoms with van der Waals surface area (Å²) < 4.78 is 16.4. The first-order chi connectivity index (χ1) is 44.4. The maximum atomic E-state index is 6.96. The first kappa shape index (κ1) is 50.5. The van der Waals surface area contributed by atoms with E-state index < -0.39 is 0 Å². The predicted molar refractivity (Wildman–Crippen MR) is 376 cm³/mol. The fourth-order valence-electron chi connectivity index (χ4n) is 15.3. The van der Waals surface area contributed by atoms with E-state index in [4.69, 9.17) is 8.83 Å². The van der Waals surface area contributed by atoms with E-state index >= 15 is 0 Å². The zero-order chi connectivity index (χ0) is 59.3. The summed E-state index contributed by atoms with van der Waals surface area (Å²) in [7, 11) is 0. The number of benzene rings is 14. The Labute approximate surface area is 519 Å². The summed E-state index contributed by atoms with van der Waals surface area (Å²) in [5.41, 5.74) is 25.1. The van der Waals surface area contributed by atoms with Crippen LogP contribution in [-0.2, 0) is 5.41 Å². The molecule has 0 atom stereocenters. The van der Waals surface area contributed by atoms with Gasteiger partial charge in [-0.1, -0.05) is 202 Å². The van der Waals surface area contributed by atoms with E-state index in [2.05, 4.69) is 325 Å². The number of aromatic nitrogens is 1. The van der Waals surface area contributed by atoms with Crippen molar-refractivity contribution in [2.45, 2.75) is 19.3 Å². The third-order valence-corrected chi connectivity index (χ3v) is 19.5. The molecule has 0 amide bonds. The van der Waals surface area contributed by atoms with Gasteiger partial charge in [-0.2, -0.15) is 0 Å². The van der Waals surface area contributed by atoms with Crippen LogP contribution in [0, 0.1) is 0 Å². The van der Waals surface area contributed by atoms with Crippen molar-refractivity contribution in [3.05, 3.63) is 308 Å². The minimum absolute atomic E-state index is 0.329. The van der Waals surface area contributed by atoms with Crippen LogP contribution in [0.5, 0.6) is 0 Å². The van der Waals surface area contributed by atoms with Gasteiger partial charge in [0.05, 0.1) is 22.2 Å². The number of hydrogen-bond donors (Lipinski definition) is 0. The van der Waals surface area contributed by atoms with Crippen molar-refractivity contribution < 1.29 is 8.83 Å². The molecule has 0 radical (unpaired) electrons. The van der Waals surface area contributed by atoms with Gasteiger partial charge in [-0.05, 0) is 152 Å². The van der Waals surface area contributed by atoms with Crippen LogP contribution in [0.2, 0.25) is 0 Å². The summed E-state index contributed by atoms with van der Waals surface area (Å²) >= 11 is 0. The highest BCUT2D eigenvalue weighted by molar-refractivity contribution is 6.32. The van der Waals surface area contributed by atoms with Crippen molar-refractivity contribution >= 4 is 127 Å². The van der Waals surface area contributed by atoms with Crippen LogP contribution >= 0.6 is 0 Å². The molecule has 0 saturated carbocycles. The van der Waals surface area contributed by atoms with Crippen molar-refractivity contribution in [3.8, 4) is 44.5 Å².